The lowest BCUT2D eigenvalue weighted by Gasteiger charge is -1.95. The maximum absolute atomic E-state index is 4.27. The van der Waals surface area contributed by atoms with E-state index in [1.165, 1.54) is 0 Å². The molecule has 0 aliphatic rings. The molecule has 0 saturated heterocycles. The highest BCUT2D eigenvalue weighted by atomic mass is 15.1. The Balaban J connectivity index is 2.28. The molecule has 3 heterocycles. The van der Waals surface area contributed by atoms with E-state index in [0.29, 0.717) is 0 Å². The molecule has 0 unspecified atom stereocenters. The highest BCUT2D eigenvalue weighted by molar-refractivity contribution is 5.91. The highest BCUT2D eigenvalue weighted by Crippen LogP contribution is 2.24. The van der Waals surface area contributed by atoms with Crippen molar-refractivity contribution in [2.45, 2.75) is 0 Å². The molecule has 0 spiro atoms. The fraction of sp³-hybridized carbons (Fsp3) is 0. The van der Waals surface area contributed by atoms with Gasteiger partial charge in [-0.15, -0.1) is 0 Å². The van der Waals surface area contributed by atoms with Gasteiger partial charge in [-0.2, -0.15) is 5.10 Å². The Morgan fingerprint density at radius 1 is 0.933 bits per heavy atom. The number of hydrogen-bond acceptors (Lipinski definition) is 3. The van der Waals surface area contributed by atoms with E-state index in [1.807, 2.05) is 24.4 Å². The van der Waals surface area contributed by atoms with Crippen LogP contribution in [0.1, 0.15) is 0 Å². The molecule has 3 aromatic rings. The summed E-state index contributed by atoms with van der Waals surface area (Å²) >= 11 is 0. The fourth-order valence-corrected chi connectivity index (χ4v) is 1.59. The van der Waals surface area contributed by atoms with E-state index >= 15 is 0 Å². The number of aromatic amines is 1. The lowest BCUT2D eigenvalue weighted by Crippen LogP contribution is -1.79. The summed E-state index contributed by atoms with van der Waals surface area (Å²) in [4.78, 5) is 8.08. The van der Waals surface area contributed by atoms with E-state index in [-0.39, 0.29) is 0 Å². The van der Waals surface area contributed by atoms with Gasteiger partial charge in [0.05, 0.1) is 5.52 Å². The molecule has 0 amide bonds. The van der Waals surface area contributed by atoms with E-state index in [9.17, 15) is 0 Å². The first-order valence-electron chi connectivity index (χ1n) is 4.63. The average Bonchev–Trinajstić information content (AvgIpc) is 2.74. The second-order valence-electron chi connectivity index (χ2n) is 3.23. The number of nitrogens with zero attached hydrogens (tertiary/aromatic N) is 3. The SMILES string of the molecule is c1cc(-c2n[nH]c3ccncc23)ccn1. The zero-order valence-electron chi connectivity index (χ0n) is 7.88. The van der Waals surface area contributed by atoms with Gasteiger partial charge >= 0.3 is 0 Å². The Kier molecular flexibility index (Phi) is 1.71. The quantitative estimate of drug-likeness (QED) is 0.647. The Bertz CT molecular complexity index is 586. The number of hydrogen-bond donors (Lipinski definition) is 1. The van der Waals surface area contributed by atoms with E-state index in [2.05, 4.69) is 20.2 Å². The Morgan fingerprint density at radius 3 is 2.60 bits per heavy atom. The van der Waals surface area contributed by atoms with Gasteiger partial charge in [-0.25, -0.2) is 0 Å². The van der Waals surface area contributed by atoms with Crippen LogP contribution in [-0.2, 0) is 0 Å². The van der Waals surface area contributed by atoms with Crippen molar-refractivity contribution in [3.63, 3.8) is 0 Å². The van der Waals surface area contributed by atoms with Gasteiger partial charge < -0.3 is 0 Å². The molecule has 0 aliphatic carbocycles. The average molecular weight is 196 g/mol. The minimum atomic E-state index is 0.917. The molecule has 0 atom stereocenters. The standard InChI is InChI=1S/C11H8N4/c1-4-12-5-2-8(1)11-9-7-13-6-3-10(9)14-15-11/h1-7H,(H,14,15). The van der Waals surface area contributed by atoms with Crippen LogP contribution in [0.25, 0.3) is 22.2 Å². The normalized spacial score (nSPS) is 10.7. The van der Waals surface area contributed by atoms with Crippen LogP contribution >= 0.6 is 0 Å². The molecule has 0 aliphatic heterocycles. The zero-order valence-corrected chi connectivity index (χ0v) is 7.88. The second kappa shape index (κ2) is 3.16. The zero-order chi connectivity index (χ0) is 10.1. The molecule has 4 nitrogen and oxygen atoms in total. The number of aromatic nitrogens is 4. The van der Waals surface area contributed by atoms with Crippen LogP contribution in [0.4, 0.5) is 0 Å². The van der Waals surface area contributed by atoms with Crippen LogP contribution in [0.2, 0.25) is 0 Å². The topological polar surface area (TPSA) is 54.5 Å². The van der Waals surface area contributed by atoms with Gasteiger partial charge in [-0.1, -0.05) is 0 Å². The monoisotopic (exact) mass is 196 g/mol. The summed E-state index contributed by atoms with van der Waals surface area (Å²) in [6.45, 7) is 0. The minimum absolute atomic E-state index is 0.917. The molecule has 0 radical (unpaired) electrons. The molecule has 4 heteroatoms. The molecule has 72 valence electrons. The molecule has 0 aromatic carbocycles. The van der Waals surface area contributed by atoms with Crippen molar-refractivity contribution in [3.05, 3.63) is 43.0 Å². The number of fused-ring (bicyclic) bond motifs is 1. The van der Waals surface area contributed by atoms with E-state index in [0.717, 1.165) is 22.2 Å². The molecule has 15 heavy (non-hydrogen) atoms. The van der Waals surface area contributed by atoms with Crippen molar-refractivity contribution in [2.24, 2.45) is 0 Å². The first-order chi connectivity index (χ1) is 7.45. The molecule has 0 fully saturated rings. The first-order valence-corrected chi connectivity index (χ1v) is 4.63. The number of H-pyrrole nitrogens is 1. The number of nitrogens with one attached hydrogen (secondary N) is 1. The third-order valence-corrected chi connectivity index (χ3v) is 2.32. The summed E-state index contributed by atoms with van der Waals surface area (Å²) in [6, 6.07) is 5.78. The predicted octanol–water partition coefficient (Wildman–Crippen LogP) is 2.02. The smallest absolute Gasteiger partial charge is 0.102 e. The molecule has 1 N–H and O–H groups in total. The summed E-state index contributed by atoms with van der Waals surface area (Å²) in [5, 5.41) is 8.28. The lowest BCUT2D eigenvalue weighted by molar-refractivity contribution is 1.12. The van der Waals surface area contributed by atoms with Crippen LogP contribution in [0.3, 0.4) is 0 Å². The van der Waals surface area contributed by atoms with E-state index in [1.54, 1.807) is 18.6 Å². The number of pyridine rings is 2. The summed E-state index contributed by atoms with van der Waals surface area (Å²) in [5.74, 6) is 0. The van der Waals surface area contributed by atoms with Crippen LogP contribution in [0, 0.1) is 0 Å². The van der Waals surface area contributed by atoms with E-state index < -0.39 is 0 Å². The van der Waals surface area contributed by atoms with Gasteiger partial charge in [0.1, 0.15) is 5.69 Å². The van der Waals surface area contributed by atoms with Gasteiger partial charge in [-0.3, -0.25) is 15.1 Å². The van der Waals surface area contributed by atoms with E-state index in [4.69, 9.17) is 0 Å². The number of rotatable bonds is 1. The molecule has 0 bridgehead atoms. The minimum Gasteiger partial charge on any atom is -0.277 e. The van der Waals surface area contributed by atoms with Crippen molar-refractivity contribution in [1.29, 1.82) is 0 Å². The second-order valence-corrected chi connectivity index (χ2v) is 3.23. The molecule has 3 aromatic heterocycles. The highest BCUT2D eigenvalue weighted by Gasteiger charge is 2.06. The molecule has 3 rings (SSSR count). The predicted molar refractivity (Wildman–Crippen MR) is 57.1 cm³/mol. The van der Waals surface area contributed by atoms with Gasteiger partial charge in [0.25, 0.3) is 0 Å². The van der Waals surface area contributed by atoms with Gasteiger partial charge in [0.15, 0.2) is 0 Å². The summed E-state index contributed by atoms with van der Waals surface area (Å²) in [5.41, 5.74) is 2.96. The summed E-state index contributed by atoms with van der Waals surface area (Å²) in [6.07, 6.45) is 7.07. The fourth-order valence-electron chi connectivity index (χ4n) is 1.59. The Labute approximate surface area is 86.0 Å². The van der Waals surface area contributed by atoms with Crippen LogP contribution in [0.5, 0.6) is 0 Å². The van der Waals surface area contributed by atoms with Crippen molar-refractivity contribution in [1.82, 2.24) is 20.2 Å². The van der Waals surface area contributed by atoms with Crippen molar-refractivity contribution >= 4 is 10.9 Å². The Hall–Kier alpha value is -2.23. The summed E-state index contributed by atoms with van der Waals surface area (Å²) < 4.78 is 0. The molecular weight excluding hydrogens is 188 g/mol. The van der Waals surface area contributed by atoms with Gasteiger partial charge in [0.2, 0.25) is 0 Å². The Morgan fingerprint density at radius 2 is 1.73 bits per heavy atom. The van der Waals surface area contributed by atoms with Crippen molar-refractivity contribution in [3.8, 4) is 11.3 Å². The van der Waals surface area contributed by atoms with Crippen LogP contribution < -0.4 is 0 Å². The van der Waals surface area contributed by atoms with Gasteiger partial charge in [0, 0.05) is 35.7 Å². The van der Waals surface area contributed by atoms with Gasteiger partial charge in [-0.05, 0) is 18.2 Å². The van der Waals surface area contributed by atoms with Crippen molar-refractivity contribution < 1.29 is 0 Å². The van der Waals surface area contributed by atoms with Crippen LogP contribution in [0.15, 0.2) is 43.0 Å². The van der Waals surface area contributed by atoms with Crippen LogP contribution in [-0.4, -0.2) is 20.2 Å². The maximum atomic E-state index is 4.27. The molecular formula is C11H8N4. The third kappa shape index (κ3) is 1.27. The summed E-state index contributed by atoms with van der Waals surface area (Å²) in [7, 11) is 0. The first kappa shape index (κ1) is 8.11. The third-order valence-electron chi connectivity index (χ3n) is 2.32. The molecule has 0 saturated carbocycles. The lowest BCUT2D eigenvalue weighted by atomic mass is 10.1. The maximum Gasteiger partial charge on any atom is 0.102 e. The largest absolute Gasteiger partial charge is 0.277 e. The van der Waals surface area contributed by atoms with Crippen molar-refractivity contribution in [2.75, 3.05) is 0 Å².